The van der Waals surface area contributed by atoms with Gasteiger partial charge in [0.1, 0.15) is 11.5 Å². The van der Waals surface area contributed by atoms with Crippen LogP contribution in [0.1, 0.15) is 31.2 Å². The molecule has 92 valence electrons. The molecule has 0 amide bonds. The quantitative estimate of drug-likeness (QED) is 0.875. The molecule has 4 heteroatoms. The van der Waals surface area contributed by atoms with Crippen LogP contribution >= 0.6 is 0 Å². The molecule has 2 atom stereocenters. The molecule has 2 rings (SSSR count). The van der Waals surface area contributed by atoms with Crippen LogP contribution < -0.4 is 9.47 Å². The fourth-order valence-electron chi connectivity index (χ4n) is 2.28. The van der Waals surface area contributed by atoms with Crippen LogP contribution in [-0.2, 0) is 4.79 Å². The first-order chi connectivity index (χ1) is 8.10. The minimum absolute atomic E-state index is 0.00125. The van der Waals surface area contributed by atoms with E-state index in [0.717, 1.165) is 23.5 Å². The summed E-state index contributed by atoms with van der Waals surface area (Å²) in [5.74, 6) is 0.729. The smallest absolute Gasteiger partial charge is 0.303 e. The summed E-state index contributed by atoms with van der Waals surface area (Å²) < 4.78 is 10.9. The van der Waals surface area contributed by atoms with E-state index >= 15 is 0 Å². The summed E-state index contributed by atoms with van der Waals surface area (Å²) in [4.78, 5) is 10.9. The predicted molar refractivity (Wildman–Crippen MR) is 62.7 cm³/mol. The third-order valence-corrected chi connectivity index (χ3v) is 3.02. The van der Waals surface area contributed by atoms with E-state index in [1.165, 1.54) is 0 Å². The summed E-state index contributed by atoms with van der Waals surface area (Å²) >= 11 is 0. The zero-order valence-electron chi connectivity index (χ0n) is 9.97. The second kappa shape index (κ2) is 4.65. The maximum absolute atomic E-state index is 10.9. The predicted octanol–water partition coefficient (Wildman–Crippen LogP) is 2.42. The Bertz CT molecular complexity index is 427. The Morgan fingerprint density at radius 1 is 1.59 bits per heavy atom. The van der Waals surface area contributed by atoms with E-state index in [2.05, 4.69) is 0 Å². The van der Waals surface area contributed by atoms with Crippen LogP contribution in [-0.4, -0.2) is 24.3 Å². The van der Waals surface area contributed by atoms with E-state index in [0.29, 0.717) is 0 Å². The number of aliphatic carboxylic acids is 1. The zero-order chi connectivity index (χ0) is 12.4. The van der Waals surface area contributed by atoms with E-state index in [1.54, 1.807) is 7.11 Å². The van der Waals surface area contributed by atoms with Crippen molar-refractivity contribution in [3.63, 3.8) is 0 Å². The number of ether oxygens (including phenoxy) is 2. The number of rotatable bonds is 3. The third-order valence-electron chi connectivity index (χ3n) is 3.02. The highest BCUT2D eigenvalue weighted by Crippen LogP contribution is 2.40. The summed E-state index contributed by atoms with van der Waals surface area (Å²) in [6, 6.07) is 5.54. The van der Waals surface area contributed by atoms with Gasteiger partial charge in [0.15, 0.2) is 0 Å². The molecule has 0 radical (unpaired) electrons. The van der Waals surface area contributed by atoms with Gasteiger partial charge in [-0.1, -0.05) is 0 Å². The van der Waals surface area contributed by atoms with Crippen LogP contribution in [0, 0.1) is 0 Å². The van der Waals surface area contributed by atoms with Crippen LogP contribution in [0.4, 0.5) is 0 Å². The summed E-state index contributed by atoms with van der Waals surface area (Å²) in [6.45, 7) is 1.96. The van der Waals surface area contributed by atoms with Gasteiger partial charge in [0, 0.05) is 11.5 Å². The lowest BCUT2D eigenvalue weighted by Crippen LogP contribution is -2.24. The molecule has 1 aliphatic rings. The molecule has 0 bridgehead atoms. The number of hydrogen-bond donors (Lipinski definition) is 1. The highest BCUT2D eigenvalue weighted by atomic mass is 16.5. The molecular formula is C13H16O4. The molecule has 4 nitrogen and oxygen atoms in total. The molecule has 1 heterocycles. The summed E-state index contributed by atoms with van der Waals surface area (Å²) in [5.41, 5.74) is 0.935. The molecule has 1 N–H and O–H groups in total. The fraction of sp³-hybridized carbons (Fsp3) is 0.462. The van der Waals surface area contributed by atoms with Crippen LogP contribution in [0.3, 0.4) is 0 Å². The number of carboxylic acid groups (broad SMARTS) is 1. The van der Waals surface area contributed by atoms with Gasteiger partial charge in [-0.2, -0.15) is 0 Å². The lowest BCUT2D eigenvalue weighted by atomic mass is 9.87. The standard InChI is InChI=1S/C13H16O4/c1-8-5-9(6-13(14)15)11-7-10(16-2)3-4-12(11)17-8/h3-4,7-9H,5-6H2,1-2H3,(H,14,15). The monoisotopic (exact) mass is 236 g/mol. The Morgan fingerprint density at radius 2 is 2.35 bits per heavy atom. The number of carboxylic acids is 1. The van der Waals surface area contributed by atoms with Gasteiger partial charge in [-0.05, 0) is 31.5 Å². The average Bonchev–Trinajstić information content (AvgIpc) is 2.27. The largest absolute Gasteiger partial charge is 0.497 e. The maximum atomic E-state index is 10.9. The molecule has 0 fully saturated rings. The summed E-state index contributed by atoms with van der Waals surface area (Å²) in [6.07, 6.45) is 0.917. The van der Waals surface area contributed by atoms with Crippen molar-refractivity contribution in [2.75, 3.05) is 7.11 Å². The van der Waals surface area contributed by atoms with Crippen molar-refractivity contribution < 1.29 is 19.4 Å². The van der Waals surface area contributed by atoms with Crippen molar-refractivity contribution in [1.82, 2.24) is 0 Å². The molecular weight excluding hydrogens is 220 g/mol. The van der Waals surface area contributed by atoms with Crippen molar-refractivity contribution >= 4 is 5.97 Å². The van der Waals surface area contributed by atoms with E-state index in [1.807, 2.05) is 25.1 Å². The Balaban J connectivity index is 2.35. The number of benzene rings is 1. The first kappa shape index (κ1) is 11.8. The van der Waals surface area contributed by atoms with Gasteiger partial charge in [0.05, 0.1) is 19.6 Å². The first-order valence-corrected chi connectivity index (χ1v) is 5.66. The van der Waals surface area contributed by atoms with E-state index < -0.39 is 5.97 Å². The molecule has 0 spiro atoms. The number of carbonyl (C=O) groups is 1. The molecule has 0 saturated carbocycles. The Kier molecular flexibility index (Phi) is 3.22. The molecule has 1 aromatic carbocycles. The highest BCUT2D eigenvalue weighted by molar-refractivity contribution is 5.68. The molecule has 0 aromatic heterocycles. The van der Waals surface area contributed by atoms with Crippen LogP contribution in [0.15, 0.2) is 18.2 Å². The minimum Gasteiger partial charge on any atom is -0.497 e. The van der Waals surface area contributed by atoms with Crippen molar-refractivity contribution in [3.8, 4) is 11.5 Å². The fourth-order valence-corrected chi connectivity index (χ4v) is 2.28. The second-order valence-corrected chi connectivity index (χ2v) is 4.36. The molecule has 17 heavy (non-hydrogen) atoms. The van der Waals surface area contributed by atoms with Crippen LogP contribution in [0.5, 0.6) is 11.5 Å². The van der Waals surface area contributed by atoms with Gasteiger partial charge in [-0.15, -0.1) is 0 Å². The number of hydrogen-bond acceptors (Lipinski definition) is 3. The maximum Gasteiger partial charge on any atom is 0.303 e. The van der Waals surface area contributed by atoms with E-state index in [4.69, 9.17) is 14.6 Å². The zero-order valence-corrected chi connectivity index (χ0v) is 9.97. The molecule has 2 unspecified atom stereocenters. The van der Waals surface area contributed by atoms with Crippen molar-refractivity contribution in [2.45, 2.75) is 31.8 Å². The van der Waals surface area contributed by atoms with Gasteiger partial charge < -0.3 is 14.6 Å². The van der Waals surface area contributed by atoms with Crippen LogP contribution in [0.2, 0.25) is 0 Å². The molecule has 0 saturated heterocycles. The molecule has 0 aliphatic carbocycles. The Labute approximate surface area is 100 Å². The lowest BCUT2D eigenvalue weighted by Gasteiger charge is -2.29. The molecule has 1 aromatic rings. The second-order valence-electron chi connectivity index (χ2n) is 4.36. The molecule has 1 aliphatic heterocycles. The van der Waals surface area contributed by atoms with Gasteiger partial charge >= 0.3 is 5.97 Å². The lowest BCUT2D eigenvalue weighted by molar-refractivity contribution is -0.137. The van der Waals surface area contributed by atoms with Crippen molar-refractivity contribution in [2.24, 2.45) is 0 Å². The number of fused-ring (bicyclic) bond motifs is 1. The average molecular weight is 236 g/mol. The van der Waals surface area contributed by atoms with Gasteiger partial charge in [0.25, 0.3) is 0 Å². The van der Waals surface area contributed by atoms with E-state index in [-0.39, 0.29) is 18.4 Å². The summed E-state index contributed by atoms with van der Waals surface area (Å²) in [5, 5.41) is 8.93. The van der Waals surface area contributed by atoms with Gasteiger partial charge in [-0.3, -0.25) is 4.79 Å². The Hall–Kier alpha value is -1.71. The van der Waals surface area contributed by atoms with E-state index in [9.17, 15) is 4.79 Å². The number of methoxy groups -OCH3 is 1. The minimum atomic E-state index is -0.780. The van der Waals surface area contributed by atoms with Crippen molar-refractivity contribution in [3.05, 3.63) is 23.8 Å². The summed E-state index contributed by atoms with van der Waals surface area (Å²) in [7, 11) is 1.60. The van der Waals surface area contributed by atoms with Gasteiger partial charge in [0.2, 0.25) is 0 Å². The SMILES string of the molecule is COc1ccc2c(c1)C(CC(=O)O)CC(C)O2. The topological polar surface area (TPSA) is 55.8 Å². The normalized spacial score (nSPS) is 22.5. The van der Waals surface area contributed by atoms with Gasteiger partial charge in [-0.25, -0.2) is 0 Å². The Morgan fingerprint density at radius 3 is 3.00 bits per heavy atom. The van der Waals surface area contributed by atoms with Crippen LogP contribution in [0.25, 0.3) is 0 Å². The van der Waals surface area contributed by atoms with Crippen molar-refractivity contribution in [1.29, 1.82) is 0 Å². The third kappa shape index (κ3) is 2.52. The first-order valence-electron chi connectivity index (χ1n) is 5.66. The highest BCUT2D eigenvalue weighted by Gasteiger charge is 2.28.